The van der Waals surface area contributed by atoms with Gasteiger partial charge in [-0.15, -0.1) is 0 Å². The minimum atomic E-state index is -0.569. The summed E-state index contributed by atoms with van der Waals surface area (Å²) in [6.45, 7) is 0.272. The van der Waals surface area contributed by atoms with Crippen molar-refractivity contribution in [2.45, 2.75) is 6.61 Å². The summed E-state index contributed by atoms with van der Waals surface area (Å²) in [6, 6.07) is 12.9. The smallest absolute Gasteiger partial charge is 0.363 e. The Hall–Kier alpha value is -3.39. The minimum absolute atomic E-state index is 0.219. The second-order valence-corrected chi connectivity index (χ2v) is 5.71. The van der Waals surface area contributed by atoms with E-state index in [1.165, 1.54) is 12.4 Å². The zero-order chi connectivity index (χ0) is 19.1. The molecule has 0 spiro atoms. The van der Waals surface area contributed by atoms with Crippen LogP contribution in [0, 0.1) is 0 Å². The average molecular weight is 386 g/mol. The number of nitrogens with one attached hydrogen (secondary N) is 2. The lowest BCUT2D eigenvalue weighted by Crippen LogP contribution is -2.13. The standard InChI is InChI=1S/C18H16ClN5O3/c1-26-15-8-4-6-12(9-20-23-16-10-21-24-18(25)22-16)17(15)27-11-13-5-2-3-7-14(13)19/h2-10H,11H2,1H3,(H2,22,23,24,25)/b20-9+. The first kappa shape index (κ1) is 18.4. The molecule has 0 amide bonds. The maximum Gasteiger partial charge on any atom is 0.363 e. The number of hydrazone groups is 1. The van der Waals surface area contributed by atoms with Gasteiger partial charge in [-0.1, -0.05) is 35.9 Å². The van der Waals surface area contributed by atoms with Gasteiger partial charge in [0.1, 0.15) is 6.61 Å². The highest BCUT2D eigenvalue weighted by Crippen LogP contribution is 2.31. The summed E-state index contributed by atoms with van der Waals surface area (Å²) in [5.74, 6) is 1.29. The van der Waals surface area contributed by atoms with E-state index in [0.717, 1.165) is 5.56 Å². The molecular weight excluding hydrogens is 370 g/mol. The van der Waals surface area contributed by atoms with E-state index < -0.39 is 5.69 Å². The molecule has 3 aromatic rings. The van der Waals surface area contributed by atoms with E-state index in [4.69, 9.17) is 21.1 Å². The number of H-pyrrole nitrogens is 1. The average Bonchev–Trinajstić information content (AvgIpc) is 2.68. The fraction of sp³-hybridized carbons (Fsp3) is 0.111. The Balaban J connectivity index is 1.79. The highest BCUT2D eigenvalue weighted by molar-refractivity contribution is 6.31. The van der Waals surface area contributed by atoms with Crippen molar-refractivity contribution in [2.24, 2.45) is 5.10 Å². The van der Waals surface area contributed by atoms with Crippen molar-refractivity contribution < 1.29 is 9.47 Å². The molecule has 2 aromatic carbocycles. The van der Waals surface area contributed by atoms with Crippen LogP contribution in [0.3, 0.4) is 0 Å². The van der Waals surface area contributed by atoms with E-state index >= 15 is 0 Å². The number of para-hydroxylation sites is 1. The first-order valence-corrected chi connectivity index (χ1v) is 8.29. The topological polar surface area (TPSA) is 101 Å². The highest BCUT2D eigenvalue weighted by atomic mass is 35.5. The van der Waals surface area contributed by atoms with Gasteiger partial charge < -0.3 is 9.47 Å². The molecule has 0 fully saturated rings. The number of hydrogen-bond donors (Lipinski definition) is 2. The molecule has 2 N–H and O–H groups in total. The lowest BCUT2D eigenvalue weighted by molar-refractivity contribution is 0.284. The Bertz CT molecular complexity index is 1010. The molecule has 0 aliphatic rings. The molecule has 27 heavy (non-hydrogen) atoms. The number of anilines is 1. The van der Waals surface area contributed by atoms with Crippen LogP contribution in [0.4, 0.5) is 5.82 Å². The number of methoxy groups -OCH3 is 1. The predicted molar refractivity (Wildman–Crippen MR) is 103 cm³/mol. The van der Waals surface area contributed by atoms with Crippen molar-refractivity contribution in [3.8, 4) is 11.5 Å². The maximum absolute atomic E-state index is 11.1. The van der Waals surface area contributed by atoms with E-state index in [9.17, 15) is 4.79 Å². The van der Waals surface area contributed by atoms with Crippen LogP contribution in [-0.4, -0.2) is 28.5 Å². The van der Waals surface area contributed by atoms with Crippen molar-refractivity contribution in [2.75, 3.05) is 12.5 Å². The van der Waals surface area contributed by atoms with Gasteiger partial charge >= 0.3 is 5.69 Å². The molecule has 8 nitrogen and oxygen atoms in total. The summed E-state index contributed by atoms with van der Waals surface area (Å²) in [6.07, 6.45) is 2.88. The lowest BCUT2D eigenvalue weighted by Gasteiger charge is -2.13. The highest BCUT2D eigenvalue weighted by Gasteiger charge is 2.10. The molecule has 0 radical (unpaired) electrons. The number of aromatic nitrogens is 3. The largest absolute Gasteiger partial charge is 0.493 e. The van der Waals surface area contributed by atoms with Gasteiger partial charge in [-0.3, -0.25) is 5.43 Å². The molecule has 9 heteroatoms. The molecule has 1 heterocycles. The third-order valence-electron chi connectivity index (χ3n) is 3.51. The van der Waals surface area contributed by atoms with Crippen LogP contribution >= 0.6 is 11.6 Å². The Labute approximate surface area is 159 Å². The second-order valence-electron chi connectivity index (χ2n) is 5.30. The van der Waals surface area contributed by atoms with Crippen molar-refractivity contribution in [1.29, 1.82) is 0 Å². The first-order chi connectivity index (χ1) is 13.2. The van der Waals surface area contributed by atoms with Gasteiger partial charge in [0.25, 0.3) is 0 Å². The number of rotatable bonds is 7. The van der Waals surface area contributed by atoms with E-state index in [1.54, 1.807) is 19.2 Å². The fourth-order valence-electron chi connectivity index (χ4n) is 2.25. The number of ether oxygens (including phenoxy) is 2. The number of hydrogen-bond acceptors (Lipinski definition) is 7. The SMILES string of the molecule is COc1cccc(/C=N/Nc2cn[nH]c(=O)n2)c1OCc1ccccc1Cl. The number of aromatic amines is 1. The van der Waals surface area contributed by atoms with Crippen LogP contribution in [0.2, 0.25) is 5.02 Å². The monoisotopic (exact) mass is 385 g/mol. The summed E-state index contributed by atoms with van der Waals surface area (Å²) in [5.41, 5.74) is 3.60. The summed E-state index contributed by atoms with van der Waals surface area (Å²) in [5, 5.41) is 10.5. The van der Waals surface area contributed by atoms with Gasteiger partial charge in [0.2, 0.25) is 0 Å². The van der Waals surface area contributed by atoms with Crippen LogP contribution in [-0.2, 0) is 6.61 Å². The Morgan fingerprint density at radius 2 is 2.11 bits per heavy atom. The second kappa shape index (κ2) is 8.81. The zero-order valence-corrected chi connectivity index (χ0v) is 15.1. The van der Waals surface area contributed by atoms with Crippen molar-refractivity contribution in [1.82, 2.24) is 15.2 Å². The molecule has 0 aliphatic carbocycles. The van der Waals surface area contributed by atoms with Gasteiger partial charge in [-0.25, -0.2) is 9.89 Å². The van der Waals surface area contributed by atoms with Gasteiger partial charge in [0.15, 0.2) is 17.3 Å². The van der Waals surface area contributed by atoms with Crippen LogP contribution in [0.1, 0.15) is 11.1 Å². The van der Waals surface area contributed by atoms with Gasteiger partial charge in [0.05, 0.1) is 19.5 Å². The molecule has 0 bridgehead atoms. The van der Waals surface area contributed by atoms with Crippen LogP contribution in [0.25, 0.3) is 0 Å². The van der Waals surface area contributed by atoms with Crippen molar-refractivity contribution in [3.05, 3.63) is 75.3 Å². The van der Waals surface area contributed by atoms with Crippen molar-refractivity contribution in [3.63, 3.8) is 0 Å². The van der Waals surface area contributed by atoms with Crippen LogP contribution in [0.5, 0.6) is 11.5 Å². The summed E-state index contributed by atoms with van der Waals surface area (Å²) in [7, 11) is 1.56. The van der Waals surface area contributed by atoms with E-state index in [-0.39, 0.29) is 12.4 Å². The predicted octanol–water partition coefficient (Wildman–Crippen LogP) is 2.85. The molecule has 0 saturated carbocycles. The maximum atomic E-state index is 11.1. The minimum Gasteiger partial charge on any atom is -0.493 e. The Morgan fingerprint density at radius 3 is 2.89 bits per heavy atom. The molecule has 138 valence electrons. The molecule has 0 aliphatic heterocycles. The lowest BCUT2D eigenvalue weighted by atomic mass is 10.2. The number of nitrogens with zero attached hydrogens (tertiary/aromatic N) is 3. The molecular formula is C18H16ClN5O3. The van der Waals surface area contributed by atoms with Crippen molar-refractivity contribution >= 4 is 23.6 Å². The number of benzene rings is 2. The summed E-state index contributed by atoms with van der Waals surface area (Å²) < 4.78 is 11.3. The molecule has 0 saturated heterocycles. The normalized spacial score (nSPS) is 10.7. The number of halogens is 1. The van der Waals surface area contributed by atoms with E-state index in [0.29, 0.717) is 22.1 Å². The van der Waals surface area contributed by atoms with E-state index in [1.807, 2.05) is 30.3 Å². The van der Waals surface area contributed by atoms with Gasteiger partial charge in [-0.05, 0) is 18.2 Å². The van der Waals surface area contributed by atoms with Crippen LogP contribution in [0.15, 0.2) is 58.6 Å². The third kappa shape index (κ3) is 4.83. The Morgan fingerprint density at radius 1 is 1.26 bits per heavy atom. The third-order valence-corrected chi connectivity index (χ3v) is 3.88. The molecule has 0 unspecified atom stereocenters. The zero-order valence-electron chi connectivity index (χ0n) is 14.3. The van der Waals surface area contributed by atoms with Gasteiger partial charge in [0, 0.05) is 16.1 Å². The van der Waals surface area contributed by atoms with E-state index in [2.05, 4.69) is 25.7 Å². The van der Waals surface area contributed by atoms with Crippen LogP contribution < -0.4 is 20.6 Å². The molecule has 0 atom stereocenters. The molecule has 1 aromatic heterocycles. The summed E-state index contributed by atoms with van der Waals surface area (Å²) in [4.78, 5) is 14.8. The quantitative estimate of drug-likeness (QED) is 0.479. The summed E-state index contributed by atoms with van der Waals surface area (Å²) >= 11 is 6.18. The fourth-order valence-corrected chi connectivity index (χ4v) is 2.44. The van der Waals surface area contributed by atoms with Gasteiger partial charge in [-0.2, -0.15) is 15.2 Å². The first-order valence-electron chi connectivity index (χ1n) is 7.91. The Kier molecular flexibility index (Phi) is 6.01. The molecule has 3 rings (SSSR count).